The molecule has 2 aromatic rings. The molecular formula is C13H11F2NS. The summed E-state index contributed by atoms with van der Waals surface area (Å²) in [5.41, 5.74) is 5.86. The van der Waals surface area contributed by atoms with Gasteiger partial charge in [-0.05, 0) is 30.3 Å². The topological polar surface area (TPSA) is 26.0 Å². The Hall–Kier alpha value is -1.55. The van der Waals surface area contributed by atoms with Gasteiger partial charge in [0.05, 0.1) is 0 Å². The van der Waals surface area contributed by atoms with Crippen molar-refractivity contribution in [3.05, 3.63) is 54.1 Å². The van der Waals surface area contributed by atoms with Gasteiger partial charge in [0.15, 0.2) is 0 Å². The second-order valence-electron chi connectivity index (χ2n) is 3.51. The van der Waals surface area contributed by atoms with E-state index >= 15 is 0 Å². The van der Waals surface area contributed by atoms with Gasteiger partial charge in [0, 0.05) is 21.0 Å². The molecule has 0 aromatic heterocycles. The lowest BCUT2D eigenvalue weighted by Crippen LogP contribution is -1.92. The Bertz CT molecular complexity index is 500. The molecule has 0 atom stereocenters. The number of hydrogen-bond donors (Lipinski definition) is 1. The smallest absolute Gasteiger partial charge is 0.265 e. The van der Waals surface area contributed by atoms with Gasteiger partial charge in [-0.15, -0.1) is 0 Å². The second-order valence-corrected chi connectivity index (χ2v) is 4.63. The van der Waals surface area contributed by atoms with Crippen LogP contribution < -0.4 is 5.73 Å². The number of rotatable bonds is 3. The molecule has 2 rings (SSSR count). The maximum Gasteiger partial charge on any atom is 0.265 e. The van der Waals surface area contributed by atoms with Crippen molar-refractivity contribution in [3.63, 3.8) is 0 Å². The van der Waals surface area contributed by atoms with Gasteiger partial charge in [-0.1, -0.05) is 30.0 Å². The average Bonchev–Trinajstić information content (AvgIpc) is 2.32. The first-order valence-electron chi connectivity index (χ1n) is 5.07. The molecule has 0 fully saturated rings. The maximum absolute atomic E-state index is 12.8. The van der Waals surface area contributed by atoms with Crippen LogP contribution in [0.4, 0.5) is 14.5 Å². The summed E-state index contributed by atoms with van der Waals surface area (Å²) in [4.78, 5) is 1.47. The number of alkyl halides is 2. The molecule has 0 aliphatic heterocycles. The Kier molecular flexibility index (Phi) is 3.64. The zero-order valence-electron chi connectivity index (χ0n) is 8.94. The van der Waals surface area contributed by atoms with Crippen LogP contribution in [-0.4, -0.2) is 0 Å². The monoisotopic (exact) mass is 251 g/mol. The fourth-order valence-corrected chi connectivity index (χ4v) is 2.40. The van der Waals surface area contributed by atoms with Crippen LogP contribution in [0.2, 0.25) is 0 Å². The van der Waals surface area contributed by atoms with E-state index in [0.29, 0.717) is 10.6 Å². The summed E-state index contributed by atoms with van der Waals surface area (Å²) < 4.78 is 25.7. The largest absolute Gasteiger partial charge is 0.399 e. The number of anilines is 1. The van der Waals surface area contributed by atoms with E-state index in [2.05, 4.69) is 0 Å². The van der Waals surface area contributed by atoms with Gasteiger partial charge in [-0.25, -0.2) is 8.78 Å². The van der Waals surface area contributed by atoms with Gasteiger partial charge in [-0.3, -0.25) is 0 Å². The lowest BCUT2D eigenvalue weighted by Gasteiger charge is -2.09. The van der Waals surface area contributed by atoms with Crippen molar-refractivity contribution in [2.45, 2.75) is 16.2 Å². The molecule has 0 aliphatic carbocycles. The molecule has 4 heteroatoms. The third-order valence-electron chi connectivity index (χ3n) is 2.24. The Labute approximate surface area is 103 Å². The Morgan fingerprint density at radius 2 is 1.71 bits per heavy atom. The van der Waals surface area contributed by atoms with E-state index in [1.165, 1.54) is 17.8 Å². The molecule has 2 aromatic carbocycles. The van der Waals surface area contributed by atoms with Crippen LogP contribution in [0.5, 0.6) is 0 Å². The molecule has 88 valence electrons. The first-order chi connectivity index (χ1) is 8.16. The highest BCUT2D eigenvalue weighted by Crippen LogP contribution is 2.36. The van der Waals surface area contributed by atoms with Crippen molar-refractivity contribution in [2.75, 3.05) is 5.73 Å². The van der Waals surface area contributed by atoms with Gasteiger partial charge in [-0.2, -0.15) is 0 Å². The fourth-order valence-electron chi connectivity index (χ4n) is 1.45. The third-order valence-corrected chi connectivity index (χ3v) is 3.34. The molecule has 0 saturated carbocycles. The third kappa shape index (κ3) is 2.97. The number of nitrogen functional groups attached to an aromatic ring is 1. The van der Waals surface area contributed by atoms with Crippen LogP contribution in [0.15, 0.2) is 58.3 Å². The lowest BCUT2D eigenvalue weighted by atomic mass is 10.2. The van der Waals surface area contributed by atoms with E-state index in [-0.39, 0.29) is 5.56 Å². The van der Waals surface area contributed by atoms with E-state index < -0.39 is 6.43 Å². The standard InChI is InChI=1S/C13H11F2NS/c14-13(15)11-8-9(16)6-7-12(11)17-10-4-2-1-3-5-10/h1-8,13H,16H2. The van der Waals surface area contributed by atoms with Crippen LogP contribution in [0.1, 0.15) is 12.0 Å². The quantitative estimate of drug-likeness (QED) is 0.820. The summed E-state index contributed by atoms with van der Waals surface area (Å²) in [6.45, 7) is 0. The molecule has 0 bridgehead atoms. The fraction of sp³-hybridized carbons (Fsp3) is 0.0769. The molecule has 0 saturated heterocycles. The molecule has 0 spiro atoms. The number of hydrogen-bond acceptors (Lipinski definition) is 2. The summed E-state index contributed by atoms with van der Waals surface area (Å²) in [5.74, 6) is 0. The van der Waals surface area contributed by atoms with Crippen molar-refractivity contribution in [1.29, 1.82) is 0 Å². The maximum atomic E-state index is 12.8. The summed E-state index contributed by atoms with van der Waals surface area (Å²) in [7, 11) is 0. The van der Waals surface area contributed by atoms with Gasteiger partial charge in [0.2, 0.25) is 0 Å². The van der Waals surface area contributed by atoms with E-state index in [1.807, 2.05) is 30.3 Å². The predicted molar refractivity (Wildman–Crippen MR) is 66.4 cm³/mol. The predicted octanol–water partition coefficient (Wildman–Crippen LogP) is 4.36. The molecule has 0 radical (unpaired) electrons. The van der Waals surface area contributed by atoms with Gasteiger partial charge in [0.1, 0.15) is 0 Å². The van der Waals surface area contributed by atoms with E-state index in [9.17, 15) is 8.78 Å². The van der Waals surface area contributed by atoms with Crippen LogP contribution in [-0.2, 0) is 0 Å². The molecule has 1 nitrogen and oxygen atoms in total. The second kappa shape index (κ2) is 5.19. The lowest BCUT2D eigenvalue weighted by molar-refractivity contribution is 0.148. The van der Waals surface area contributed by atoms with Crippen molar-refractivity contribution < 1.29 is 8.78 Å². The SMILES string of the molecule is Nc1ccc(Sc2ccccc2)c(C(F)F)c1. The normalized spacial score (nSPS) is 10.8. The van der Waals surface area contributed by atoms with Crippen molar-refractivity contribution in [2.24, 2.45) is 0 Å². The Balaban J connectivity index is 2.33. The molecule has 0 unspecified atom stereocenters. The molecule has 17 heavy (non-hydrogen) atoms. The minimum absolute atomic E-state index is 0.0150. The molecule has 0 aliphatic rings. The van der Waals surface area contributed by atoms with Crippen LogP contribution in [0.3, 0.4) is 0 Å². The van der Waals surface area contributed by atoms with Crippen molar-refractivity contribution >= 4 is 17.4 Å². The minimum Gasteiger partial charge on any atom is -0.399 e. The minimum atomic E-state index is -2.51. The highest BCUT2D eigenvalue weighted by atomic mass is 32.2. The highest BCUT2D eigenvalue weighted by molar-refractivity contribution is 7.99. The summed E-state index contributed by atoms with van der Waals surface area (Å²) in [6.07, 6.45) is -2.51. The number of benzene rings is 2. The first-order valence-corrected chi connectivity index (χ1v) is 5.89. The van der Waals surface area contributed by atoms with Crippen molar-refractivity contribution in [3.8, 4) is 0 Å². The number of halogens is 2. The zero-order valence-corrected chi connectivity index (χ0v) is 9.75. The summed E-state index contributed by atoms with van der Waals surface area (Å²) in [6, 6.07) is 14.0. The highest BCUT2D eigenvalue weighted by Gasteiger charge is 2.14. The van der Waals surface area contributed by atoms with Crippen LogP contribution in [0, 0.1) is 0 Å². The summed E-state index contributed by atoms with van der Waals surface area (Å²) >= 11 is 1.32. The molecule has 0 amide bonds. The molecule has 0 heterocycles. The average molecular weight is 251 g/mol. The van der Waals surface area contributed by atoms with Gasteiger partial charge in [0.25, 0.3) is 6.43 Å². The van der Waals surface area contributed by atoms with Gasteiger partial charge >= 0.3 is 0 Å². The van der Waals surface area contributed by atoms with E-state index in [4.69, 9.17) is 5.73 Å². The van der Waals surface area contributed by atoms with Gasteiger partial charge < -0.3 is 5.73 Å². The molecular weight excluding hydrogens is 240 g/mol. The van der Waals surface area contributed by atoms with E-state index in [1.54, 1.807) is 12.1 Å². The van der Waals surface area contributed by atoms with Crippen LogP contribution >= 0.6 is 11.8 Å². The Morgan fingerprint density at radius 3 is 2.35 bits per heavy atom. The molecule has 2 N–H and O–H groups in total. The Morgan fingerprint density at radius 1 is 1.00 bits per heavy atom. The first kappa shape index (κ1) is 11.9. The summed E-state index contributed by atoms with van der Waals surface area (Å²) in [5, 5.41) is 0. The zero-order chi connectivity index (χ0) is 12.3. The van der Waals surface area contributed by atoms with Crippen LogP contribution in [0.25, 0.3) is 0 Å². The van der Waals surface area contributed by atoms with Crippen molar-refractivity contribution in [1.82, 2.24) is 0 Å². The number of nitrogens with two attached hydrogens (primary N) is 1. The van der Waals surface area contributed by atoms with E-state index in [0.717, 1.165) is 4.90 Å².